The van der Waals surface area contributed by atoms with E-state index in [9.17, 15) is 9.90 Å². The first-order valence-corrected chi connectivity index (χ1v) is 7.42. The standard InChI is InChI=1S/C12H23NO3S/c1-2-16-12(15)9(13)7-8-17-11-6-4-3-5-10(11)14/h9-11,14H,2-8,13H2,1H3. The van der Waals surface area contributed by atoms with E-state index in [0.29, 0.717) is 18.3 Å². The molecule has 0 heterocycles. The maximum atomic E-state index is 11.3. The highest BCUT2D eigenvalue weighted by atomic mass is 32.2. The van der Waals surface area contributed by atoms with Crippen LogP contribution in [0.4, 0.5) is 0 Å². The Morgan fingerprint density at radius 3 is 2.88 bits per heavy atom. The van der Waals surface area contributed by atoms with Crippen LogP contribution in [0.25, 0.3) is 0 Å². The number of rotatable bonds is 6. The van der Waals surface area contributed by atoms with Gasteiger partial charge in [-0.25, -0.2) is 0 Å². The summed E-state index contributed by atoms with van der Waals surface area (Å²) < 4.78 is 4.84. The number of hydrogen-bond donors (Lipinski definition) is 2. The summed E-state index contributed by atoms with van der Waals surface area (Å²) >= 11 is 1.73. The van der Waals surface area contributed by atoms with Gasteiger partial charge in [-0.05, 0) is 31.9 Å². The monoisotopic (exact) mass is 261 g/mol. The molecule has 1 aliphatic carbocycles. The molecule has 100 valence electrons. The third kappa shape index (κ3) is 5.27. The van der Waals surface area contributed by atoms with E-state index in [1.807, 2.05) is 0 Å². The first-order chi connectivity index (χ1) is 8.15. The predicted molar refractivity (Wildman–Crippen MR) is 69.9 cm³/mol. The molecular formula is C12H23NO3S. The van der Waals surface area contributed by atoms with E-state index in [1.165, 1.54) is 6.42 Å². The van der Waals surface area contributed by atoms with Crippen LogP contribution in [-0.4, -0.2) is 40.8 Å². The van der Waals surface area contributed by atoms with Gasteiger partial charge in [-0.15, -0.1) is 0 Å². The number of aliphatic hydroxyl groups is 1. The molecule has 4 nitrogen and oxygen atoms in total. The largest absolute Gasteiger partial charge is 0.465 e. The van der Waals surface area contributed by atoms with Gasteiger partial charge in [0.25, 0.3) is 0 Å². The molecule has 0 aromatic carbocycles. The summed E-state index contributed by atoms with van der Waals surface area (Å²) in [5, 5.41) is 10.1. The van der Waals surface area contributed by atoms with Crippen molar-refractivity contribution in [3.05, 3.63) is 0 Å². The predicted octanol–water partition coefficient (Wildman–Crippen LogP) is 1.30. The Balaban J connectivity index is 2.15. The van der Waals surface area contributed by atoms with Gasteiger partial charge in [0.05, 0.1) is 12.7 Å². The maximum absolute atomic E-state index is 11.3. The lowest BCUT2D eigenvalue weighted by Crippen LogP contribution is -2.33. The zero-order chi connectivity index (χ0) is 12.7. The Morgan fingerprint density at radius 2 is 2.24 bits per heavy atom. The van der Waals surface area contributed by atoms with E-state index in [1.54, 1.807) is 18.7 Å². The second-order valence-electron chi connectivity index (χ2n) is 4.41. The number of carbonyl (C=O) groups is 1. The highest BCUT2D eigenvalue weighted by molar-refractivity contribution is 7.99. The minimum atomic E-state index is -0.525. The fraction of sp³-hybridized carbons (Fsp3) is 0.917. The summed E-state index contributed by atoms with van der Waals surface area (Å²) in [6.45, 7) is 2.15. The van der Waals surface area contributed by atoms with Crippen LogP contribution >= 0.6 is 11.8 Å². The van der Waals surface area contributed by atoms with Crippen molar-refractivity contribution in [3.8, 4) is 0 Å². The molecular weight excluding hydrogens is 238 g/mol. The minimum Gasteiger partial charge on any atom is -0.465 e. The molecule has 0 aliphatic heterocycles. The van der Waals surface area contributed by atoms with Crippen molar-refractivity contribution < 1.29 is 14.6 Å². The van der Waals surface area contributed by atoms with Gasteiger partial charge in [-0.2, -0.15) is 11.8 Å². The molecule has 0 amide bonds. The first kappa shape index (κ1) is 14.8. The molecule has 0 bridgehead atoms. The number of ether oxygens (including phenoxy) is 1. The average Bonchev–Trinajstić information content (AvgIpc) is 2.31. The van der Waals surface area contributed by atoms with Crippen molar-refractivity contribution in [1.82, 2.24) is 0 Å². The second-order valence-corrected chi connectivity index (χ2v) is 5.76. The number of thioether (sulfide) groups is 1. The highest BCUT2D eigenvalue weighted by Crippen LogP contribution is 2.29. The third-order valence-corrected chi connectivity index (χ3v) is 4.47. The smallest absolute Gasteiger partial charge is 0.322 e. The van der Waals surface area contributed by atoms with E-state index >= 15 is 0 Å². The van der Waals surface area contributed by atoms with E-state index in [2.05, 4.69) is 0 Å². The lowest BCUT2D eigenvalue weighted by atomic mass is 9.97. The minimum absolute atomic E-state index is 0.187. The average molecular weight is 261 g/mol. The van der Waals surface area contributed by atoms with Gasteiger partial charge < -0.3 is 15.6 Å². The molecule has 0 spiro atoms. The summed E-state index contributed by atoms with van der Waals surface area (Å²) in [7, 11) is 0. The summed E-state index contributed by atoms with van der Waals surface area (Å²) in [5.74, 6) is 0.485. The number of aliphatic hydroxyl groups excluding tert-OH is 1. The van der Waals surface area contributed by atoms with Gasteiger partial charge in [-0.1, -0.05) is 12.8 Å². The molecule has 0 radical (unpaired) electrons. The molecule has 3 unspecified atom stereocenters. The fourth-order valence-corrected chi connectivity index (χ4v) is 3.37. The van der Waals surface area contributed by atoms with E-state index in [4.69, 9.17) is 10.5 Å². The van der Waals surface area contributed by atoms with Gasteiger partial charge in [-0.3, -0.25) is 4.79 Å². The van der Waals surface area contributed by atoms with Gasteiger partial charge in [0.15, 0.2) is 0 Å². The molecule has 1 aliphatic rings. The van der Waals surface area contributed by atoms with Gasteiger partial charge in [0.2, 0.25) is 0 Å². The SMILES string of the molecule is CCOC(=O)C(N)CCSC1CCCCC1O. The zero-order valence-electron chi connectivity index (χ0n) is 10.4. The van der Waals surface area contributed by atoms with Crippen LogP contribution in [0.2, 0.25) is 0 Å². The van der Waals surface area contributed by atoms with Crippen LogP contribution in [0.5, 0.6) is 0 Å². The number of hydrogen-bond acceptors (Lipinski definition) is 5. The second kappa shape index (κ2) is 7.95. The molecule has 0 saturated heterocycles. The molecule has 1 rings (SSSR count). The zero-order valence-corrected chi connectivity index (χ0v) is 11.2. The molecule has 3 atom stereocenters. The Kier molecular flexibility index (Phi) is 6.92. The van der Waals surface area contributed by atoms with E-state index < -0.39 is 6.04 Å². The Morgan fingerprint density at radius 1 is 1.53 bits per heavy atom. The van der Waals surface area contributed by atoms with Crippen LogP contribution in [0.1, 0.15) is 39.0 Å². The lowest BCUT2D eigenvalue weighted by molar-refractivity contribution is -0.144. The molecule has 0 aromatic heterocycles. The molecule has 3 N–H and O–H groups in total. The molecule has 0 aromatic rings. The van der Waals surface area contributed by atoms with Crippen molar-refractivity contribution in [2.45, 2.75) is 56.4 Å². The topological polar surface area (TPSA) is 72.5 Å². The summed E-state index contributed by atoms with van der Waals surface area (Å²) in [5.41, 5.74) is 5.70. The molecule has 5 heteroatoms. The fourth-order valence-electron chi connectivity index (χ4n) is 1.99. The highest BCUT2D eigenvalue weighted by Gasteiger charge is 2.23. The molecule has 1 saturated carbocycles. The first-order valence-electron chi connectivity index (χ1n) is 6.37. The van der Waals surface area contributed by atoms with E-state index in [-0.39, 0.29) is 12.1 Å². The van der Waals surface area contributed by atoms with Crippen molar-refractivity contribution in [2.24, 2.45) is 5.73 Å². The van der Waals surface area contributed by atoms with Crippen LogP contribution in [0, 0.1) is 0 Å². The van der Waals surface area contributed by atoms with Crippen LogP contribution in [-0.2, 0) is 9.53 Å². The lowest BCUT2D eigenvalue weighted by Gasteiger charge is -2.27. The molecule has 17 heavy (non-hydrogen) atoms. The molecule has 1 fully saturated rings. The van der Waals surface area contributed by atoms with E-state index in [0.717, 1.165) is 25.0 Å². The van der Waals surface area contributed by atoms with Crippen molar-refractivity contribution >= 4 is 17.7 Å². The van der Waals surface area contributed by atoms with Gasteiger partial charge in [0.1, 0.15) is 6.04 Å². The van der Waals surface area contributed by atoms with Crippen molar-refractivity contribution in [3.63, 3.8) is 0 Å². The van der Waals surface area contributed by atoms with Crippen molar-refractivity contribution in [2.75, 3.05) is 12.4 Å². The summed E-state index contributed by atoms with van der Waals surface area (Å²) in [4.78, 5) is 11.3. The maximum Gasteiger partial charge on any atom is 0.322 e. The Bertz CT molecular complexity index is 238. The van der Waals surface area contributed by atoms with Crippen LogP contribution in [0.3, 0.4) is 0 Å². The quantitative estimate of drug-likeness (QED) is 0.705. The van der Waals surface area contributed by atoms with Crippen LogP contribution < -0.4 is 5.73 Å². The van der Waals surface area contributed by atoms with Crippen LogP contribution in [0.15, 0.2) is 0 Å². The summed E-state index contributed by atoms with van der Waals surface area (Å²) in [6, 6.07) is -0.525. The normalized spacial score (nSPS) is 26.5. The van der Waals surface area contributed by atoms with Crippen molar-refractivity contribution in [1.29, 1.82) is 0 Å². The number of esters is 1. The summed E-state index contributed by atoms with van der Waals surface area (Å²) in [6.07, 6.45) is 4.72. The van der Waals surface area contributed by atoms with Gasteiger partial charge in [0, 0.05) is 5.25 Å². The Hall–Kier alpha value is -0.260. The Labute approximate surface area is 107 Å². The number of nitrogens with two attached hydrogens (primary N) is 1. The number of carbonyl (C=O) groups excluding carboxylic acids is 1. The third-order valence-electron chi connectivity index (χ3n) is 3.02. The van der Waals surface area contributed by atoms with Gasteiger partial charge >= 0.3 is 5.97 Å².